The van der Waals surface area contributed by atoms with Gasteiger partial charge in [-0.15, -0.1) is 0 Å². The first kappa shape index (κ1) is 13.8. The summed E-state index contributed by atoms with van der Waals surface area (Å²) in [6.07, 6.45) is 3.23. The molecule has 0 radical (unpaired) electrons. The van der Waals surface area contributed by atoms with Crippen LogP contribution in [0.5, 0.6) is 0 Å². The van der Waals surface area contributed by atoms with Crippen LogP contribution in [0.4, 0.5) is 0 Å². The smallest absolute Gasteiger partial charge is 0.242 e. The molecule has 0 aliphatic heterocycles. The topological polar surface area (TPSA) is 71.3 Å². The number of rotatable bonds is 5. The lowest BCUT2D eigenvalue weighted by atomic mass is 10.1. The predicted molar refractivity (Wildman–Crippen MR) is 71.8 cm³/mol. The molecule has 0 saturated heterocycles. The Labute approximate surface area is 112 Å². The summed E-state index contributed by atoms with van der Waals surface area (Å²) in [4.78, 5) is 0.244. The zero-order chi connectivity index (χ0) is 13.9. The number of hydrogen-bond donors (Lipinski definition) is 2. The van der Waals surface area contributed by atoms with E-state index >= 15 is 0 Å². The molecule has 0 unspecified atom stereocenters. The van der Waals surface area contributed by atoms with Gasteiger partial charge in [0.2, 0.25) is 10.0 Å². The summed E-state index contributed by atoms with van der Waals surface area (Å²) in [6, 6.07) is 8.71. The van der Waals surface area contributed by atoms with E-state index in [4.69, 9.17) is 5.11 Å². The van der Waals surface area contributed by atoms with Crippen LogP contribution in [0.2, 0.25) is 0 Å². The molecule has 1 aromatic carbocycles. The molecule has 0 aliphatic rings. The Kier molecular flexibility index (Phi) is 4.04. The maximum absolute atomic E-state index is 12.0. The Morgan fingerprint density at radius 2 is 2.00 bits per heavy atom. The van der Waals surface area contributed by atoms with Gasteiger partial charge in [-0.2, -0.15) is 0 Å². The van der Waals surface area contributed by atoms with Crippen molar-refractivity contribution in [2.24, 2.45) is 7.05 Å². The maximum atomic E-state index is 12.0. The number of aryl methyl sites for hydroxylation is 1. The highest BCUT2D eigenvalue weighted by molar-refractivity contribution is 7.89. The molecule has 0 saturated carbocycles. The van der Waals surface area contributed by atoms with E-state index in [0.29, 0.717) is 0 Å². The average molecular weight is 280 g/mol. The second-order valence-electron chi connectivity index (χ2n) is 4.32. The molecule has 1 aromatic heterocycles. The number of aliphatic hydroxyl groups is 1. The van der Waals surface area contributed by atoms with Crippen LogP contribution in [-0.2, 0) is 30.2 Å². The molecule has 5 nitrogen and oxygen atoms in total. The molecule has 2 rings (SSSR count). The summed E-state index contributed by atoms with van der Waals surface area (Å²) >= 11 is 0. The lowest BCUT2D eigenvalue weighted by Gasteiger charge is -2.06. The van der Waals surface area contributed by atoms with Crippen molar-refractivity contribution in [2.75, 3.05) is 0 Å². The van der Waals surface area contributed by atoms with Gasteiger partial charge in [-0.25, -0.2) is 13.1 Å². The number of nitrogens with one attached hydrogen (secondary N) is 1. The van der Waals surface area contributed by atoms with E-state index in [-0.39, 0.29) is 18.0 Å². The Balaban J connectivity index is 2.09. The highest BCUT2D eigenvalue weighted by Crippen LogP contribution is 2.10. The van der Waals surface area contributed by atoms with Crippen molar-refractivity contribution in [3.05, 3.63) is 53.9 Å². The second kappa shape index (κ2) is 5.56. The molecule has 0 atom stereocenters. The van der Waals surface area contributed by atoms with Crippen LogP contribution in [0.15, 0.2) is 47.6 Å². The van der Waals surface area contributed by atoms with E-state index in [2.05, 4.69) is 4.72 Å². The molecular formula is C13H16N2O3S. The van der Waals surface area contributed by atoms with Crippen LogP contribution in [0.25, 0.3) is 0 Å². The molecular weight excluding hydrogens is 264 g/mol. The molecule has 6 heteroatoms. The Hall–Kier alpha value is -1.63. The van der Waals surface area contributed by atoms with Crippen molar-refractivity contribution in [3.63, 3.8) is 0 Å². The fraction of sp³-hybridized carbons (Fsp3) is 0.231. The van der Waals surface area contributed by atoms with E-state index in [0.717, 1.165) is 11.1 Å². The number of aromatic nitrogens is 1. The largest absolute Gasteiger partial charge is 0.392 e. The maximum Gasteiger partial charge on any atom is 0.242 e. The SMILES string of the molecule is Cn1ccc(S(=O)(=O)NCc2cccc(CO)c2)c1. The van der Waals surface area contributed by atoms with Gasteiger partial charge in [-0.05, 0) is 17.2 Å². The minimum Gasteiger partial charge on any atom is -0.392 e. The third kappa shape index (κ3) is 3.44. The van der Waals surface area contributed by atoms with Gasteiger partial charge >= 0.3 is 0 Å². The Morgan fingerprint density at radius 3 is 2.63 bits per heavy atom. The highest BCUT2D eigenvalue weighted by atomic mass is 32.2. The zero-order valence-electron chi connectivity index (χ0n) is 10.6. The fourth-order valence-corrected chi connectivity index (χ4v) is 2.80. The number of hydrogen-bond acceptors (Lipinski definition) is 3. The Morgan fingerprint density at radius 1 is 1.26 bits per heavy atom. The van der Waals surface area contributed by atoms with Crippen LogP contribution in [-0.4, -0.2) is 18.1 Å². The fourth-order valence-electron chi connectivity index (χ4n) is 1.74. The molecule has 0 amide bonds. The van der Waals surface area contributed by atoms with Gasteiger partial charge in [-0.3, -0.25) is 0 Å². The Bertz CT molecular complexity index is 662. The lowest BCUT2D eigenvalue weighted by molar-refractivity contribution is 0.281. The van der Waals surface area contributed by atoms with E-state index in [9.17, 15) is 8.42 Å². The summed E-state index contributed by atoms with van der Waals surface area (Å²) in [6.45, 7) is 0.143. The van der Waals surface area contributed by atoms with Gasteiger partial charge in [0.25, 0.3) is 0 Å². The first-order valence-electron chi connectivity index (χ1n) is 5.81. The van der Waals surface area contributed by atoms with Crippen LogP contribution in [0.3, 0.4) is 0 Å². The third-order valence-corrected chi connectivity index (χ3v) is 4.14. The zero-order valence-corrected chi connectivity index (χ0v) is 11.4. The number of sulfonamides is 1. The normalized spacial score (nSPS) is 11.7. The molecule has 102 valence electrons. The first-order valence-corrected chi connectivity index (χ1v) is 7.30. The molecule has 0 fully saturated rings. The quantitative estimate of drug-likeness (QED) is 0.858. The van der Waals surface area contributed by atoms with Crippen LogP contribution in [0.1, 0.15) is 11.1 Å². The van der Waals surface area contributed by atoms with Crippen molar-refractivity contribution in [1.29, 1.82) is 0 Å². The highest BCUT2D eigenvalue weighted by Gasteiger charge is 2.14. The van der Waals surface area contributed by atoms with Gasteiger partial charge in [0.05, 0.1) is 11.5 Å². The molecule has 2 aromatic rings. The first-order chi connectivity index (χ1) is 9.01. The van der Waals surface area contributed by atoms with Gasteiger partial charge in [0, 0.05) is 26.0 Å². The van der Waals surface area contributed by atoms with Gasteiger partial charge in [0.1, 0.15) is 0 Å². The van der Waals surface area contributed by atoms with Crippen molar-refractivity contribution < 1.29 is 13.5 Å². The van der Waals surface area contributed by atoms with Crippen LogP contribution >= 0.6 is 0 Å². The van der Waals surface area contributed by atoms with Gasteiger partial charge in [0.15, 0.2) is 0 Å². The molecule has 0 spiro atoms. The van der Waals surface area contributed by atoms with E-state index in [1.807, 2.05) is 6.07 Å². The minimum atomic E-state index is -3.49. The summed E-state index contributed by atoms with van der Waals surface area (Å²) in [5.74, 6) is 0. The van der Waals surface area contributed by atoms with Crippen LogP contribution in [0, 0.1) is 0 Å². The van der Waals surface area contributed by atoms with E-state index < -0.39 is 10.0 Å². The monoisotopic (exact) mass is 280 g/mol. The average Bonchev–Trinajstić information content (AvgIpc) is 2.84. The summed E-state index contributed by atoms with van der Waals surface area (Å²) in [5, 5.41) is 9.03. The number of aliphatic hydroxyl groups excluding tert-OH is 1. The van der Waals surface area contributed by atoms with E-state index in [1.54, 1.807) is 48.3 Å². The summed E-state index contributed by atoms with van der Waals surface area (Å²) < 4.78 is 28.2. The van der Waals surface area contributed by atoms with Crippen molar-refractivity contribution >= 4 is 10.0 Å². The summed E-state index contributed by atoms with van der Waals surface area (Å²) in [5.41, 5.74) is 1.57. The minimum absolute atomic E-state index is 0.0563. The number of benzene rings is 1. The molecule has 2 N–H and O–H groups in total. The summed E-state index contributed by atoms with van der Waals surface area (Å²) in [7, 11) is -1.72. The predicted octanol–water partition coefficient (Wildman–Crippen LogP) is 0.996. The van der Waals surface area contributed by atoms with Crippen molar-refractivity contribution in [2.45, 2.75) is 18.0 Å². The molecule has 1 heterocycles. The van der Waals surface area contributed by atoms with Gasteiger partial charge < -0.3 is 9.67 Å². The second-order valence-corrected chi connectivity index (χ2v) is 6.08. The van der Waals surface area contributed by atoms with Crippen molar-refractivity contribution in [3.8, 4) is 0 Å². The van der Waals surface area contributed by atoms with Crippen molar-refractivity contribution in [1.82, 2.24) is 9.29 Å². The number of nitrogens with zero attached hydrogens (tertiary/aromatic N) is 1. The lowest BCUT2D eigenvalue weighted by Crippen LogP contribution is -2.22. The standard InChI is InChI=1S/C13H16N2O3S/c1-15-6-5-13(9-15)19(17,18)14-8-11-3-2-4-12(7-11)10-16/h2-7,9,14,16H,8,10H2,1H3. The van der Waals surface area contributed by atoms with Crippen LogP contribution < -0.4 is 4.72 Å². The molecule has 19 heavy (non-hydrogen) atoms. The van der Waals surface area contributed by atoms with Gasteiger partial charge in [-0.1, -0.05) is 24.3 Å². The van der Waals surface area contributed by atoms with E-state index in [1.165, 1.54) is 0 Å². The molecule has 0 aliphatic carbocycles. The molecule has 0 bridgehead atoms. The third-order valence-electron chi connectivity index (χ3n) is 2.76.